The third-order valence-corrected chi connectivity index (χ3v) is 4.16. The Labute approximate surface area is 155 Å². The lowest BCUT2D eigenvalue weighted by Crippen LogP contribution is -2.31. The van der Waals surface area contributed by atoms with Gasteiger partial charge in [-0.15, -0.1) is 0 Å². The van der Waals surface area contributed by atoms with E-state index in [1.807, 2.05) is 7.05 Å². The number of carbonyl (C=O) groups excluding carboxylic acids is 2. The Hall–Kier alpha value is -3.48. The zero-order chi connectivity index (χ0) is 19.4. The molecule has 6 nitrogen and oxygen atoms in total. The normalized spacial score (nSPS) is 11.7. The number of imidazole rings is 1. The summed E-state index contributed by atoms with van der Waals surface area (Å²) in [5.41, 5.74) is 1.43. The van der Waals surface area contributed by atoms with Crippen molar-refractivity contribution < 1.29 is 18.7 Å². The third kappa shape index (κ3) is 4.03. The van der Waals surface area contributed by atoms with Crippen molar-refractivity contribution in [3.63, 3.8) is 0 Å². The summed E-state index contributed by atoms with van der Waals surface area (Å²) in [4.78, 5) is 28.5. The first-order valence-electron chi connectivity index (χ1n) is 8.21. The van der Waals surface area contributed by atoms with Crippen LogP contribution in [0.4, 0.5) is 4.39 Å². The number of carbonyl (C=O) groups is 2. The summed E-state index contributed by atoms with van der Waals surface area (Å²) in [6.45, 7) is 0. The van der Waals surface area contributed by atoms with E-state index in [-0.39, 0.29) is 11.7 Å². The van der Waals surface area contributed by atoms with Gasteiger partial charge in [0.15, 0.2) is 0 Å². The molecule has 7 heteroatoms. The van der Waals surface area contributed by atoms with Gasteiger partial charge in [-0.25, -0.2) is 14.2 Å². The lowest BCUT2D eigenvalue weighted by molar-refractivity contribution is 0.0600. The number of rotatable bonds is 5. The smallest absolute Gasteiger partial charge is 0.337 e. The second-order valence-electron chi connectivity index (χ2n) is 5.92. The number of nitrogens with zero attached hydrogens (tertiary/aromatic N) is 2. The highest BCUT2D eigenvalue weighted by Gasteiger charge is 2.21. The summed E-state index contributed by atoms with van der Waals surface area (Å²) in [5.74, 6) is -0.564. The molecule has 1 aromatic heterocycles. The molecule has 1 unspecified atom stereocenters. The van der Waals surface area contributed by atoms with Gasteiger partial charge in [-0.1, -0.05) is 12.1 Å². The number of ether oxygens (including phenoxy) is 1. The number of hydrogen-bond donors (Lipinski definition) is 1. The molecular weight excluding hydrogens is 349 g/mol. The third-order valence-electron chi connectivity index (χ3n) is 4.16. The van der Waals surface area contributed by atoms with Crippen molar-refractivity contribution in [1.29, 1.82) is 0 Å². The summed E-state index contributed by atoms with van der Waals surface area (Å²) in [6, 6.07) is 11.5. The van der Waals surface area contributed by atoms with Crippen LogP contribution in [0.15, 0.2) is 60.9 Å². The van der Waals surface area contributed by atoms with Crippen LogP contribution in [0.2, 0.25) is 0 Å². The maximum atomic E-state index is 13.3. The number of esters is 1. The first kappa shape index (κ1) is 18.3. The van der Waals surface area contributed by atoms with Gasteiger partial charge in [-0.3, -0.25) is 4.79 Å². The predicted octanol–water partition coefficient (Wildman–Crippen LogP) is 2.87. The summed E-state index contributed by atoms with van der Waals surface area (Å²) in [7, 11) is 3.11. The predicted molar refractivity (Wildman–Crippen MR) is 96.7 cm³/mol. The number of aryl methyl sites for hydroxylation is 1. The lowest BCUT2D eigenvalue weighted by atomic mass is 10.0. The molecule has 0 bridgehead atoms. The first-order chi connectivity index (χ1) is 13.0. The van der Waals surface area contributed by atoms with E-state index < -0.39 is 12.0 Å². The lowest BCUT2D eigenvalue weighted by Gasteiger charge is -2.19. The zero-order valence-corrected chi connectivity index (χ0v) is 14.8. The van der Waals surface area contributed by atoms with E-state index in [1.165, 1.54) is 31.4 Å². The molecule has 1 N–H and O–H groups in total. The number of amides is 1. The van der Waals surface area contributed by atoms with E-state index in [0.717, 1.165) is 0 Å². The topological polar surface area (TPSA) is 73.2 Å². The van der Waals surface area contributed by atoms with Crippen molar-refractivity contribution >= 4 is 11.9 Å². The summed E-state index contributed by atoms with van der Waals surface area (Å²) in [6.07, 6.45) is 3.40. The van der Waals surface area contributed by atoms with Gasteiger partial charge in [0.2, 0.25) is 0 Å². The van der Waals surface area contributed by atoms with Gasteiger partial charge in [0.1, 0.15) is 17.7 Å². The van der Waals surface area contributed by atoms with Crippen LogP contribution < -0.4 is 5.32 Å². The van der Waals surface area contributed by atoms with E-state index in [1.54, 1.807) is 41.2 Å². The van der Waals surface area contributed by atoms with Crippen molar-refractivity contribution in [3.05, 3.63) is 89.3 Å². The quantitative estimate of drug-likeness (QED) is 0.704. The van der Waals surface area contributed by atoms with Crippen LogP contribution in [0, 0.1) is 5.82 Å². The fourth-order valence-corrected chi connectivity index (χ4v) is 2.70. The Morgan fingerprint density at radius 3 is 2.26 bits per heavy atom. The second-order valence-corrected chi connectivity index (χ2v) is 5.92. The Kier molecular flexibility index (Phi) is 5.30. The van der Waals surface area contributed by atoms with Crippen molar-refractivity contribution in [2.75, 3.05) is 7.11 Å². The highest BCUT2D eigenvalue weighted by Crippen LogP contribution is 2.21. The fraction of sp³-hybridized carbons (Fsp3) is 0.150. The number of hydrogen-bond acceptors (Lipinski definition) is 4. The van der Waals surface area contributed by atoms with Gasteiger partial charge >= 0.3 is 5.97 Å². The maximum absolute atomic E-state index is 13.3. The Morgan fingerprint density at radius 1 is 1.07 bits per heavy atom. The number of aromatic nitrogens is 2. The molecule has 0 fully saturated rings. The van der Waals surface area contributed by atoms with Crippen LogP contribution in [0.25, 0.3) is 0 Å². The second kappa shape index (κ2) is 7.82. The van der Waals surface area contributed by atoms with Crippen molar-refractivity contribution in [3.8, 4) is 0 Å². The number of methoxy groups -OCH3 is 1. The van der Waals surface area contributed by atoms with Gasteiger partial charge in [0.25, 0.3) is 5.91 Å². The Morgan fingerprint density at radius 2 is 1.70 bits per heavy atom. The van der Waals surface area contributed by atoms with Crippen LogP contribution in [0.3, 0.4) is 0 Å². The van der Waals surface area contributed by atoms with Crippen LogP contribution >= 0.6 is 0 Å². The van der Waals surface area contributed by atoms with E-state index in [2.05, 4.69) is 15.0 Å². The maximum Gasteiger partial charge on any atom is 0.337 e. The zero-order valence-electron chi connectivity index (χ0n) is 14.8. The van der Waals surface area contributed by atoms with E-state index in [9.17, 15) is 14.0 Å². The van der Waals surface area contributed by atoms with Crippen molar-refractivity contribution in [2.45, 2.75) is 6.04 Å². The molecule has 0 aliphatic rings. The molecule has 27 heavy (non-hydrogen) atoms. The standard InChI is InChI=1S/C20H18FN3O3/c1-24-12-11-22-18(24)17(13-7-9-16(21)10-8-13)23-19(25)14-3-5-15(6-4-14)20(26)27-2/h3-12,17H,1-2H3,(H,23,25). The van der Waals surface area contributed by atoms with E-state index in [0.29, 0.717) is 22.5 Å². The van der Waals surface area contributed by atoms with Gasteiger partial charge in [-0.05, 0) is 42.0 Å². The number of benzene rings is 2. The SMILES string of the molecule is COC(=O)c1ccc(C(=O)NC(c2ccc(F)cc2)c2nccn2C)cc1. The van der Waals surface area contributed by atoms with Crippen LogP contribution in [-0.2, 0) is 11.8 Å². The number of nitrogens with one attached hydrogen (secondary N) is 1. The average molecular weight is 367 g/mol. The molecule has 0 saturated heterocycles. The minimum Gasteiger partial charge on any atom is -0.465 e. The van der Waals surface area contributed by atoms with E-state index >= 15 is 0 Å². The molecule has 0 saturated carbocycles. The summed E-state index contributed by atoms with van der Waals surface area (Å²) in [5, 5.41) is 2.91. The van der Waals surface area contributed by atoms with Gasteiger partial charge in [-0.2, -0.15) is 0 Å². The molecule has 1 atom stereocenters. The molecule has 3 rings (SSSR count). The molecule has 1 amide bonds. The van der Waals surface area contributed by atoms with E-state index in [4.69, 9.17) is 0 Å². The largest absolute Gasteiger partial charge is 0.465 e. The Bertz CT molecular complexity index is 949. The number of halogens is 1. The Balaban J connectivity index is 1.88. The monoisotopic (exact) mass is 367 g/mol. The average Bonchev–Trinajstić information content (AvgIpc) is 3.12. The van der Waals surface area contributed by atoms with Crippen LogP contribution in [-0.4, -0.2) is 28.5 Å². The molecule has 0 aliphatic heterocycles. The highest BCUT2D eigenvalue weighted by molar-refractivity contribution is 5.96. The van der Waals surface area contributed by atoms with Gasteiger partial charge in [0, 0.05) is 25.0 Å². The minimum absolute atomic E-state index is 0.344. The van der Waals surface area contributed by atoms with Crippen molar-refractivity contribution in [1.82, 2.24) is 14.9 Å². The minimum atomic E-state index is -0.557. The van der Waals surface area contributed by atoms with Crippen LogP contribution in [0.1, 0.15) is 38.1 Å². The molecule has 0 aliphatic carbocycles. The molecular formula is C20H18FN3O3. The molecule has 0 radical (unpaired) electrons. The van der Waals surface area contributed by atoms with Crippen molar-refractivity contribution in [2.24, 2.45) is 7.05 Å². The molecule has 1 heterocycles. The highest BCUT2D eigenvalue weighted by atomic mass is 19.1. The molecule has 138 valence electrons. The molecule has 2 aromatic carbocycles. The molecule has 3 aromatic rings. The van der Waals surface area contributed by atoms with Crippen LogP contribution in [0.5, 0.6) is 0 Å². The fourth-order valence-electron chi connectivity index (χ4n) is 2.70. The van der Waals surface area contributed by atoms with Gasteiger partial charge in [0.05, 0.1) is 12.7 Å². The first-order valence-corrected chi connectivity index (χ1v) is 8.21. The summed E-state index contributed by atoms with van der Waals surface area (Å²) < 4.78 is 19.7. The summed E-state index contributed by atoms with van der Waals surface area (Å²) >= 11 is 0. The van der Waals surface area contributed by atoms with Gasteiger partial charge < -0.3 is 14.6 Å². The molecule has 0 spiro atoms.